The summed E-state index contributed by atoms with van der Waals surface area (Å²) in [7, 11) is 0. The fraction of sp³-hybridized carbons (Fsp3) is 0.378. The van der Waals surface area contributed by atoms with E-state index in [4.69, 9.17) is 42.1 Å². The molecule has 0 fully saturated rings. The summed E-state index contributed by atoms with van der Waals surface area (Å²) in [6.45, 7) is 13.8. The highest BCUT2D eigenvalue weighted by Crippen LogP contribution is 2.20. The van der Waals surface area contributed by atoms with Gasteiger partial charge in [0, 0.05) is 12.8 Å². The molecule has 0 aliphatic carbocycles. The number of aromatic carboxylic acids is 2. The maximum atomic E-state index is 12.4. The van der Waals surface area contributed by atoms with Crippen LogP contribution >= 0.6 is 11.6 Å². The zero-order valence-corrected chi connectivity index (χ0v) is 36.0. The van der Waals surface area contributed by atoms with Crippen molar-refractivity contribution in [3.8, 4) is 17.2 Å². The van der Waals surface area contributed by atoms with E-state index < -0.39 is 30.0 Å². The molecule has 0 aliphatic rings. The van der Waals surface area contributed by atoms with Gasteiger partial charge in [-0.05, 0) is 91.9 Å². The second-order valence-corrected chi connectivity index (χ2v) is 14.2. The lowest BCUT2D eigenvalue weighted by atomic mass is 10.0. The summed E-state index contributed by atoms with van der Waals surface area (Å²) in [6, 6.07) is 17.8. The van der Waals surface area contributed by atoms with Crippen molar-refractivity contribution in [3.63, 3.8) is 0 Å². The second kappa shape index (κ2) is 32.0. The van der Waals surface area contributed by atoms with E-state index in [1.54, 1.807) is 42.5 Å². The molecule has 3 rings (SSSR count). The fourth-order valence-electron chi connectivity index (χ4n) is 4.66. The molecule has 0 spiro atoms. The molecular weight excluding hydrogens is 799 g/mol. The third-order valence-corrected chi connectivity index (χ3v) is 7.66. The molecule has 0 saturated heterocycles. The first-order chi connectivity index (χ1) is 27.8. The largest absolute Gasteiger partial charge is 0.507 e. The van der Waals surface area contributed by atoms with E-state index >= 15 is 0 Å². The number of rotatable bonds is 17. The van der Waals surface area contributed by atoms with Gasteiger partial charge < -0.3 is 35.8 Å². The van der Waals surface area contributed by atoms with Crippen molar-refractivity contribution in [1.29, 1.82) is 0 Å². The first-order valence-corrected chi connectivity index (χ1v) is 19.6. The summed E-state index contributed by atoms with van der Waals surface area (Å²) in [5.74, 6) is -2.71. The molecule has 0 aliphatic heterocycles. The Labute approximate surface area is 357 Å². The van der Waals surface area contributed by atoms with Crippen molar-refractivity contribution in [2.75, 3.05) is 0 Å². The number of allylic oxidation sites excluding steroid dienone is 3. The molecule has 3 aromatic rings. The Morgan fingerprint density at radius 1 is 0.683 bits per heavy atom. The molecule has 13 nitrogen and oxygen atoms in total. The molecule has 2 unspecified atom stereocenters. The Morgan fingerprint density at radius 2 is 1.15 bits per heavy atom. The normalized spacial score (nSPS) is 11.3. The second-order valence-electron chi connectivity index (χ2n) is 13.7. The van der Waals surface area contributed by atoms with Crippen LogP contribution in [0.1, 0.15) is 106 Å². The van der Waals surface area contributed by atoms with Gasteiger partial charge in [0.15, 0.2) is 0 Å². The molecule has 330 valence electrons. The number of nitrogens with one attached hydrogen (secondary N) is 1. The van der Waals surface area contributed by atoms with Crippen LogP contribution in [0, 0.1) is 18.8 Å². The highest BCUT2D eigenvalue weighted by atomic mass is 35.5. The Bertz CT molecular complexity index is 1850. The number of nitrogens with two attached hydrogens (primary N) is 1. The number of aromatic hydroxyl groups is 1. The van der Waals surface area contributed by atoms with E-state index in [0.717, 1.165) is 18.4 Å². The molecule has 1 amide bonds. The topological polar surface area (TPSA) is 220 Å². The zero-order chi connectivity index (χ0) is 44.9. The van der Waals surface area contributed by atoms with E-state index in [1.807, 2.05) is 78.8 Å². The lowest BCUT2D eigenvalue weighted by Crippen LogP contribution is -2.43. The van der Waals surface area contributed by atoms with Gasteiger partial charge in [-0.1, -0.05) is 108 Å². The monoisotopic (exact) mass is 858 g/mol. The maximum absolute atomic E-state index is 12.4. The van der Waals surface area contributed by atoms with Crippen LogP contribution in [0.4, 0.5) is 4.70 Å². The number of hydrogen-bond acceptors (Lipinski definition) is 10. The number of carbonyl (C=O) groups is 6. The van der Waals surface area contributed by atoms with Crippen LogP contribution in [0.2, 0.25) is 0 Å². The molecule has 60 heavy (non-hydrogen) atoms. The minimum absolute atomic E-state index is 0. The summed E-state index contributed by atoms with van der Waals surface area (Å²) in [5, 5.41) is 28.8. The molecule has 15 heteroatoms. The number of amides is 1. The lowest BCUT2D eigenvalue weighted by Gasteiger charge is -2.19. The predicted molar refractivity (Wildman–Crippen MR) is 231 cm³/mol. The number of esters is 2. The summed E-state index contributed by atoms with van der Waals surface area (Å²) in [5.41, 5.74) is 6.51. The van der Waals surface area contributed by atoms with E-state index in [0.29, 0.717) is 30.9 Å². The number of phenols is 1. The van der Waals surface area contributed by atoms with Crippen LogP contribution in [0.5, 0.6) is 17.2 Å². The van der Waals surface area contributed by atoms with Gasteiger partial charge in [-0.25, -0.2) is 19.2 Å². The van der Waals surface area contributed by atoms with Gasteiger partial charge in [-0.2, -0.15) is 0 Å². The third kappa shape index (κ3) is 25.5. The summed E-state index contributed by atoms with van der Waals surface area (Å²) in [4.78, 5) is 67.6. The van der Waals surface area contributed by atoms with Crippen LogP contribution in [-0.2, 0) is 19.2 Å². The number of carbonyl (C=O) groups excluding carboxylic acids is 4. The standard InChI is InChI=1S/C19H25NO5.C13H19NO2.C7H6O3.C6H9ClO.FH/c1-4-5-6-11-17(21)20-15(12-13(2)3)19(24)25-16-10-8-7-9-14(16)18(22)23;1-9(2)8-11(14)13(15)16-12-7-5-4-6-10(12)3;8-6-4-2-1-3-5(6)7(9)10;1-2-3-4-5-6(7)8;/h5-10,13,15H,4,11-12H2,1-3H3,(H,20,21)(H,22,23);4-7,9,11H,8,14H2,1-3H3;1-4,8H,(H,9,10);3-4H,2,5H2,1H3;1H/b6-5-;;;4-3-;. The Kier molecular flexibility index (Phi) is 30.0. The van der Waals surface area contributed by atoms with Gasteiger partial charge in [-0.15, -0.1) is 0 Å². The molecule has 3 aromatic carbocycles. The number of carboxylic acid groups (broad SMARTS) is 2. The Morgan fingerprint density at radius 3 is 1.62 bits per heavy atom. The van der Waals surface area contributed by atoms with Gasteiger partial charge >= 0.3 is 23.9 Å². The molecule has 0 bridgehead atoms. The average molecular weight is 859 g/mol. The summed E-state index contributed by atoms with van der Waals surface area (Å²) >= 11 is 5.02. The summed E-state index contributed by atoms with van der Waals surface area (Å²) < 4.78 is 10.5. The number of halogens is 2. The number of ether oxygens (including phenoxy) is 2. The SMILES string of the molecule is CC/C=C\CC(=O)Cl.CC/C=C\CC(=O)NC(CC(C)C)C(=O)Oc1ccccc1C(=O)O.Cc1ccccc1OC(=O)C(N)CC(C)C.F.O=C(O)c1ccccc1O. The molecule has 0 heterocycles. The highest BCUT2D eigenvalue weighted by molar-refractivity contribution is 6.63. The van der Waals surface area contributed by atoms with E-state index in [-0.39, 0.29) is 56.8 Å². The van der Waals surface area contributed by atoms with Gasteiger partial charge in [-0.3, -0.25) is 14.3 Å². The lowest BCUT2D eigenvalue weighted by molar-refractivity contribution is -0.139. The van der Waals surface area contributed by atoms with Crippen LogP contribution < -0.4 is 20.5 Å². The van der Waals surface area contributed by atoms with Gasteiger partial charge in [0.05, 0.1) is 0 Å². The van der Waals surface area contributed by atoms with Gasteiger partial charge in [0.25, 0.3) is 0 Å². The zero-order valence-electron chi connectivity index (χ0n) is 35.3. The number of para-hydroxylation sites is 3. The smallest absolute Gasteiger partial charge is 0.339 e. The quantitative estimate of drug-likeness (QED) is 0.0372. The Balaban J connectivity index is 0. The molecular formula is C45H60ClFN2O11. The van der Waals surface area contributed by atoms with Crippen molar-refractivity contribution in [2.24, 2.45) is 17.6 Å². The number of benzene rings is 3. The summed E-state index contributed by atoms with van der Waals surface area (Å²) in [6.07, 6.45) is 10.7. The molecule has 0 saturated carbocycles. The Hall–Kier alpha value is -5.86. The van der Waals surface area contributed by atoms with Crippen LogP contribution in [-0.4, -0.2) is 62.4 Å². The van der Waals surface area contributed by atoms with Gasteiger partial charge in [0.1, 0.15) is 40.5 Å². The number of aryl methyl sites for hydroxylation is 1. The third-order valence-electron chi connectivity index (χ3n) is 7.51. The van der Waals surface area contributed by atoms with Gasteiger partial charge in [0.2, 0.25) is 11.1 Å². The molecule has 6 N–H and O–H groups in total. The van der Waals surface area contributed by atoms with E-state index in [1.165, 1.54) is 24.3 Å². The fourth-order valence-corrected chi connectivity index (χ4v) is 4.75. The number of carboxylic acids is 2. The molecule has 2 atom stereocenters. The first-order valence-electron chi connectivity index (χ1n) is 19.2. The maximum Gasteiger partial charge on any atom is 0.339 e. The van der Waals surface area contributed by atoms with Crippen molar-refractivity contribution in [1.82, 2.24) is 5.32 Å². The van der Waals surface area contributed by atoms with Crippen molar-refractivity contribution in [3.05, 3.63) is 114 Å². The van der Waals surface area contributed by atoms with Crippen molar-refractivity contribution >= 4 is 46.6 Å². The predicted octanol–water partition coefficient (Wildman–Crippen LogP) is 8.80. The minimum atomic E-state index is -1.18. The first kappa shape index (κ1) is 56.2. The van der Waals surface area contributed by atoms with Crippen molar-refractivity contribution in [2.45, 2.75) is 99.1 Å². The van der Waals surface area contributed by atoms with Crippen LogP contribution in [0.25, 0.3) is 0 Å². The van der Waals surface area contributed by atoms with E-state index in [9.17, 15) is 28.8 Å². The van der Waals surface area contributed by atoms with Crippen LogP contribution in [0.3, 0.4) is 0 Å². The number of hydrogen-bond donors (Lipinski definition) is 5. The van der Waals surface area contributed by atoms with Crippen molar-refractivity contribution < 1.29 is 58.3 Å². The van der Waals surface area contributed by atoms with Crippen LogP contribution in [0.15, 0.2) is 97.1 Å². The molecule has 0 radical (unpaired) electrons. The van der Waals surface area contributed by atoms with E-state index in [2.05, 4.69) is 5.32 Å². The average Bonchev–Trinajstić information content (AvgIpc) is 3.16. The minimum Gasteiger partial charge on any atom is -0.507 e. The highest BCUT2D eigenvalue weighted by Gasteiger charge is 2.25. The molecule has 0 aromatic heterocycles.